The average Bonchev–Trinajstić information content (AvgIpc) is 2.83. The summed E-state index contributed by atoms with van der Waals surface area (Å²) in [7, 11) is 1.66. The highest BCUT2D eigenvalue weighted by molar-refractivity contribution is 6.10. The number of nitrogens with two attached hydrogens (primary N) is 2. The van der Waals surface area contributed by atoms with Gasteiger partial charge in [-0.1, -0.05) is 25.7 Å². The molecular formula is C25H32N6O2. The Morgan fingerprint density at radius 1 is 1.24 bits per heavy atom. The number of aromatic nitrogens is 1. The normalized spacial score (nSPS) is 12.5. The fourth-order valence-electron chi connectivity index (χ4n) is 3.19. The zero-order chi connectivity index (χ0) is 24.2. The zero-order valence-corrected chi connectivity index (χ0v) is 19.4. The molecule has 1 aromatic heterocycles. The summed E-state index contributed by atoms with van der Waals surface area (Å²) in [6, 6.07) is 8.68. The van der Waals surface area contributed by atoms with Crippen molar-refractivity contribution < 1.29 is 9.90 Å². The summed E-state index contributed by atoms with van der Waals surface area (Å²) in [5.41, 5.74) is 14.9. The summed E-state index contributed by atoms with van der Waals surface area (Å²) in [6.07, 6.45) is 4.05. The molecule has 0 radical (unpaired) electrons. The van der Waals surface area contributed by atoms with Gasteiger partial charge in [-0.25, -0.2) is 4.98 Å². The van der Waals surface area contributed by atoms with E-state index in [0.29, 0.717) is 34.6 Å². The number of aliphatic imine (C=N–C) groups is 1. The van der Waals surface area contributed by atoms with E-state index in [1.807, 2.05) is 13.8 Å². The van der Waals surface area contributed by atoms with Crippen LogP contribution in [0.4, 0.5) is 5.82 Å². The van der Waals surface area contributed by atoms with E-state index in [-0.39, 0.29) is 12.5 Å². The number of likely N-dealkylation sites (N-methyl/N-ethyl adjacent to an activating group) is 1. The first kappa shape index (κ1) is 25.6. The lowest BCUT2D eigenvalue weighted by atomic mass is 10.0. The maximum Gasteiger partial charge on any atom is 0.251 e. The molecule has 0 spiro atoms. The summed E-state index contributed by atoms with van der Waals surface area (Å²) < 4.78 is 0. The van der Waals surface area contributed by atoms with Crippen molar-refractivity contribution in [2.24, 2.45) is 10.7 Å². The first-order valence-electron chi connectivity index (χ1n) is 10.8. The molecule has 33 heavy (non-hydrogen) atoms. The second kappa shape index (κ2) is 13.0. The molecule has 0 saturated heterocycles. The quantitative estimate of drug-likeness (QED) is 0.340. The standard InChI is InChI=1S/C25H32N6O2/c1-4-31(5-2)17-21(32)16-30-25(33)19-9-6-18(7-10-19)8-11-23-22(12-13-29-24(23)27)20(14-26)15-28-3/h6-7,9-10,12-15,21,32H,4-5,16-17,26H2,1-3H3,(H2,27,29)(H,30,33). The van der Waals surface area contributed by atoms with E-state index in [4.69, 9.17) is 11.5 Å². The second-order valence-corrected chi connectivity index (χ2v) is 7.31. The van der Waals surface area contributed by atoms with E-state index in [1.165, 1.54) is 6.20 Å². The van der Waals surface area contributed by atoms with Crippen LogP contribution in [0.15, 0.2) is 47.7 Å². The number of nitrogen functional groups attached to an aromatic ring is 1. The van der Waals surface area contributed by atoms with Crippen molar-refractivity contribution >= 4 is 23.5 Å². The maximum absolute atomic E-state index is 12.4. The highest BCUT2D eigenvalue weighted by Crippen LogP contribution is 2.20. The number of hydrogen-bond donors (Lipinski definition) is 4. The lowest BCUT2D eigenvalue weighted by molar-refractivity contribution is 0.0869. The van der Waals surface area contributed by atoms with Gasteiger partial charge in [-0.05, 0) is 43.4 Å². The van der Waals surface area contributed by atoms with Crippen LogP contribution in [-0.2, 0) is 0 Å². The Morgan fingerprint density at radius 2 is 1.94 bits per heavy atom. The molecule has 0 saturated carbocycles. The molecule has 0 aliphatic carbocycles. The lowest BCUT2D eigenvalue weighted by Gasteiger charge is -2.22. The van der Waals surface area contributed by atoms with Crippen LogP contribution in [0.1, 0.15) is 40.9 Å². The van der Waals surface area contributed by atoms with Crippen LogP contribution in [0.3, 0.4) is 0 Å². The SMILES string of the molecule is CCN(CC)CC(O)CNC(=O)c1ccc(C#Cc2c(C(C=NC)=CN)ccnc2N)cc1. The summed E-state index contributed by atoms with van der Waals surface area (Å²) in [5.74, 6) is 6.16. The highest BCUT2D eigenvalue weighted by Gasteiger charge is 2.12. The molecule has 0 aliphatic rings. The first-order valence-corrected chi connectivity index (χ1v) is 10.8. The minimum atomic E-state index is -0.622. The van der Waals surface area contributed by atoms with Crippen molar-refractivity contribution in [3.63, 3.8) is 0 Å². The molecule has 6 N–H and O–H groups in total. The summed E-state index contributed by atoms with van der Waals surface area (Å²) in [5, 5.41) is 12.9. The van der Waals surface area contributed by atoms with Crippen molar-refractivity contribution in [2.75, 3.05) is 39.0 Å². The van der Waals surface area contributed by atoms with Crippen molar-refractivity contribution in [2.45, 2.75) is 20.0 Å². The molecule has 1 heterocycles. The van der Waals surface area contributed by atoms with Crippen LogP contribution in [-0.4, -0.2) is 66.4 Å². The number of pyridine rings is 1. The lowest BCUT2D eigenvalue weighted by Crippen LogP contribution is -2.40. The van der Waals surface area contributed by atoms with E-state index in [9.17, 15) is 9.90 Å². The van der Waals surface area contributed by atoms with E-state index in [1.54, 1.807) is 49.8 Å². The molecule has 1 amide bonds. The summed E-state index contributed by atoms with van der Waals surface area (Å²) in [4.78, 5) is 22.6. The smallest absolute Gasteiger partial charge is 0.251 e. The third-order valence-corrected chi connectivity index (χ3v) is 5.08. The van der Waals surface area contributed by atoms with Gasteiger partial charge in [-0.3, -0.25) is 9.79 Å². The van der Waals surface area contributed by atoms with Gasteiger partial charge in [-0.15, -0.1) is 0 Å². The number of nitrogens with one attached hydrogen (secondary N) is 1. The number of allylic oxidation sites excluding steroid dienone is 1. The molecule has 0 fully saturated rings. The fraction of sp³-hybridized carbons (Fsp3) is 0.320. The number of carbonyl (C=O) groups excluding carboxylic acids is 1. The summed E-state index contributed by atoms with van der Waals surface area (Å²) >= 11 is 0. The second-order valence-electron chi connectivity index (χ2n) is 7.31. The fourth-order valence-corrected chi connectivity index (χ4v) is 3.19. The predicted octanol–water partition coefficient (Wildman–Crippen LogP) is 1.50. The van der Waals surface area contributed by atoms with Crippen molar-refractivity contribution in [3.05, 3.63) is 65.0 Å². The van der Waals surface area contributed by atoms with Crippen LogP contribution in [0.5, 0.6) is 0 Å². The van der Waals surface area contributed by atoms with Gasteiger partial charge >= 0.3 is 0 Å². The Bertz CT molecular complexity index is 1050. The van der Waals surface area contributed by atoms with Gasteiger partial charge in [0.05, 0.1) is 11.7 Å². The zero-order valence-electron chi connectivity index (χ0n) is 19.4. The van der Waals surface area contributed by atoms with Crippen molar-refractivity contribution in [3.8, 4) is 11.8 Å². The number of benzene rings is 1. The van der Waals surface area contributed by atoms with Crippen molar-refractivity contribution in [1.29, 1.82) is 0 Å². The number of carbonyl (C=O) groups is 1. The first-order chi connectivity index (χ1) is 15.9. The van der Waals surface area contributed by atoms with Crippen LogP contribution in [0, 0.1) is 11.8 Å². The van der Waals surface area contributed by atoms with Gasteiger partial charge in [0.1, 0.15) is 5.82 Å². The molecule has 2 rings (SSSR count). The minimum Gasteiger partial charge on any atom is -0.404 e. The Kier molecular flexibility index (Phi) is 10.1. The van der Waals surface area contributed by atoms with Gasteiger partial charge in [-0.2, -0.15) is 0 Å². The van der Waals surface area contributed by atoms with Crippen LogP contribution in [0.2, 0.25) is 0 Å². The molecule has 2 aromatic rings. The third-order valence-electron chi connectivity index (χ3n) is 5.08. The van der Waals surface area contributed by atoms with E-state index in [2.05, 4.69) is 32.0 Å². The van der Waals surface area contributed by atoms with Crippen molar-refractivity contribution in [1.82, 2.24) is 15.2 Å². The molecule has 1 atom stereocenters. The molecular weight excluding hydrogens is 416 g/mol. The van der Waals surface area contributed by atoms with Crippen LogP contribution < -0.4 is 16.8 Å². The molecule has 1 aromatic carbocycles. The predicted molar refractivity (Wildman–Crippen MR) is 134 cm³/mol. The number of rotatable bonds is 9. The number of anilines is 1. The molecule has 1 unspecified atom stereocenters. The maximum atomic E-state index is 12.4. The monoisotopic (exact) mass is 448 g/mol. The van der Waals surface area contributed by atoms with E-state index in [0.717, 1.165) is 18.7 Å². The number of aliphatic hydroxyl groups excluding tert-OH is 1. The molecule has 0 aliphatic heterocycles. The molecule has 8 nitrogen and oxygen atoms in total. The van der Waals surface area contributed by atoms with Crippen LogP contribution >= 0.6 is 0 Å². The summed E-state index contributed by atoms with van der Waals surface area (Å²) in [6.45, 7) is 6.49. The highest BCUT2D eigenvalue weighted by atomic mass is 16.3. The molecule has 8 heteroatoms. The Balaban J connectivity index is 2.10. The van der Waals surface area contributed by atoms with Crippen LogP contribution in [0.25, 0.3) is 5.57 Å². The average molecular weight is 449 g/mol. The number of aliphatic hydroxyl groups is 1. The molecule has 174 valence electrons. The van der Waals surface area contributed by atoms with Gasteiger partial charge in [0.2, 0.25) is 0 Å². The van der Waals surface area contributed by atoms with Gasteiger partial charge in [0.25, 0.3) is 5.91 Å². The number of hydrogen-bond acceptors (Lipinski definition) is 7. The number of amides is 1. The number of nitrogens with zero attached hydrogens (tertiary/aromatic N) is 3. The van der Waals surface area contributed by atoms with E-state index >= 15 is 0 Å². The van der Waals surface area contributed by atoms with Gasteiger partial charge < -0.3 is 26.8 Å². The Hall–Kier alpha value is -3.67. The largest absolute Gasteiger partial charge is 0.404 e. The Labute approximate surface area is 195 Å². The third kappa shape index (κ3) is 7.45. The molecule has 0 bridgehead atoms. The van der Waals surface area contributed by atoms with Gasteiger partial charge in [0, 0.05) is 61.0 Å². The van der Waals surface area contributed by atoms with E-state index < -0.39 is 6.10 Å². The minimum absolute atomic E-state index is 0.192. The Morgan fingerprint density at radius 3 is 2.55 bits per heavy atom. The topological polar surface area (TPSA) is 130 Å². The van der Waals surface area contributed by atoms with Gasteiger partial charge in [0.15, 0.2) is 0 Å².